The Bertz CT molecular complexity index is 1410. The number of hydrogen-bond donors (Lipinski definition) is 1. The monoisotopic (exact) mass is 563 g/mol. The van der Waals surface area contributed by atoms with E-state index in [1.54, 1.807) is 24.3 Å². The highest BCUT2D eigenvalue weighted by molar-refractivity contribution is 6.31. The minimum Gasteiger partial charge on any atom is -0.478 e. The lowest BCUT2D eigenvalue weighted by Gasteiger charge is -2.44. The summed E-state index contributed by atoms with van der Waals surface area (Å²) >= 11 is 6.43. The van der Waals surface area contributed by atoms with Crippen molar-refractivity contribution in [3.8, 4) is 0 Å². The lowest BCUT2D eigenvalue weighted by Crippen LogP contribution is -2.47. The van der Waals surface area contributed by atoms with Crippen LogP contribution in [0.4, 0.5) is 22.0 Å². The van der Waals surface area contributed by atoms with Crippen molar-refractivity contribution in [2.75, 3.05) is 6.54 Å². The first-order chi connectivity index (χ1) is 18.3. The van der Waals surface area contributed by atoms with Crippen LogP contribution >= 0.6 is 11.6 Å². The van der Waals surface area contributed by atoms with Gasteiger partial charge in [-0.1, -0.05) is 48.0 Å². The first kappa shape index (κ1) is 27.6. The average Bonchev–Trinajstić information content (AvgIpc) is 3.23. The first-order valence-electron chi connectivity index (χ1n) is 12.7. The molecule has 39 heavy (non-hydrogen) atoms. The number of carboxylic acid groups (broad SMARTS) is 1. The minimum absolute atomic E-state index is 0.00417. The van der Waals surface area contributed by atoms with E-state index in [1.165, 1.54) is 36.4 Å². The quantitative estimate of drug-likeness (QED) is 0.314. The highest BCUT2D eigenvalue weighted by Crippen LogP contribution is 2.51. The number of carboxylic acids is 1. The zero-order valence-electron chi connectivity index (χ0n) is 21.2. The van der Waals surface area contributed by atoms with E-state index < -0.39 is 28.8 Å². The zero-order valence-corrected chi connectivity index (χ0v) is 21.9. The van der Waals surface area contributed by atoms with Crippen LogP contribution in [0.5, 0.6) is 0 Å². The van der Waals surface area contributed by atoms with Crippen LogP contribution in [-0.2, 0) is 30.5 Å². The van der Waals surface area contributed by atoms with Gasteiger partial charge in [0.05, 0.1) is 5.56 Å². The minimum atomic E-state index is -5.04. The number of aromatic carboxylic acids is 1. The van der Waals surface area contributed by atoms with Crippen molar-refractivity contribution in [1.82, 2.24) is 4.90 Å². The Morgan fingerprint density at radius 2 is 1.79 bits per heavy atom. The molecule has 1 unspecified atom stereocenters. The Kier molecular flexibility index (Phi) is 7.00. The highest BCUT2D eigenvalue weighted by Gasteiger charge is 2.55. The second-order valence-electron chi connectivity index (χ2n) is 10.7. The van der Waals surface area contributed by atoms with Gasteiger partial charge in [0.2, 0.25) is 5.67 Å². The number of benzene rings is 3. The standard InChI is InChI=1S/C30H27ClF5NO2/c1-28(33,30(34,35)36)22-7-10-24-19(14-22)6-11-26-29(24,16-18-2-8-23(32)9-3-18)12-13-37(26)17-21-5-4-20(27(38)39)15-25(21)31/h2-5,7-10,14-15,26H,6,11-13,16-17H2,1H3,(H,38,39)/t26-,28?,29-/m1/s1. The summed E-state index contributed by atoms with van der Waals surface area (Å²) in [6.07, 6.45) is -2.69. The second kappa shape index (κ2) is 9.89. The van der Waals surface area contributed by atoms with E-state index in [4.69, 9.17) is 11.6 Å². The number of likely N-dealkylation sites (tertiary alicyclic amines) is 1. The highest BCUT2D eigenvalue weighted by atomic mass is 35.5. The molecule has 1 aliphatic carbocycles. The van der Waals surface area contributed by atoms with Crippen molar-refractivity contribution in [2.24, 2.45) is 0 Å². The molecule has 1 N–H and O–H groups in total. The van der Waals surface area contributed by atoms with Gasteiger partial charge in [-0.05, 0) is 91.2 Å². The third-order valence-corrected chi connectivity index (χ3v) is 8.79. The fraction of sp³-hybridized carbons (Fsp3) is 0.367. The molecule has 0 bridgehead atoms. The maximum absolute atomic E-state index is 14.9. The lowest BCUT2D eigenvalue weighted by molar-refractivity contribution is -0.228. The molecule has 0 spiro atoms. The molecule has 0 aromatic heterocycles. The van der Waals surface area contributed by atoms with Crippen LogP contribution in [-0.4, -0.2) is 34.7 Å². The third-order valence-electron chi connectivity index (χ3n) is 8.43. The van der Waals surface area contributed by atoms with E-state index in [9.17, 15) is 31.9 Å². The van der Waals surface area contributed by atoms with Crippen molar-refractivity contribution < 1.29 is 31.9 Å². The molecule has 3 nitrogen and oxygen atoms in total. The Balaban J connectivity index is 1.53. The molecule has 0 saturated carbocycles. The van der Waals surface area contributed by atoms with E-state index in [2.05, 4.69) is 4.90 Å². The summed E-state index contributed by atoms with van der Waals surface area (Å²) in [6, 6.07) is 15.1. The number of nitrogens with zero attached hydrogens (tertiary/aromatic N) is 1. The largest absolute Gasteiger partial charge is 0.478 e. The Labute approximate surface area is 228 Å². The van der Waals surface area contributed by atoms with E-state index >= 15 is 0 Å². The molecule has 5 rings (SSSR count). The van der Waals surface area contributed by atoms with Crippen molar-refractivity contribution >= 4 is 17.6 Å². The van der Waals surface area contributed by atoms with Gasteiger partial charge in [0.1, 0.15) is 5.82 Å². The number of aryl methyl sites for hydroxylation is 1. The number of rotatable bonds is 6. The van der Waals surface area contributed by atoms with Crippen molar-refractivity contribution in [3.63, 3.8) is 0 Å². The Morgan fingerprint density at radius 1 is 1.08 bits per heavy atom. The van der Waals surface area contributed by atoms with Gasteiger partial charge in [-0.15, -0.1) is 0 Å². The van der Waals surface area contributed by atoms with Crippen LogP contribution in [0.25, 0.3) is 0 Å². The van der Waals surface area contributed by atoms with Gasteiger partial charge in [-0.2, -0.15) is 13.2 Å². The van der Waals surface area contributed by atoms with Gasteiger partial charge in [-0.25, -0.2) is 13.6 Å². The van der Waals surface area contributed by atoms with E-state index in [0.29, 0.717) is 56.3 Å². The topological polar surface area (TPSA) is 40.5 Å². The van der Waals surface area contributed by atoms with Crippen molar-refractivity contribution in [3.05, 3.63) is 105 Å². The van der Waals surface area contributed by atoms with Crippen LogP contribution in [0.2, 0.25) is 5.02 Å². The molecule has 3 atom stereocenters. The van der Waals surface area contributed by atoms with Gasteiger partial charge in [0.15, 0.2) is 0 Å². The number of halogens is 6. The summed E-state index contributed by atoms with van der Waals surface area (Å²) in [4.78, 5) is 13.6. The maximum atomic E-state index is 14.9. The SMILES string of the molecule is CC(F)(c1ccc2c(c1)CC[C@H]1N(Cc3ccc(C(=O)O)cc3Cl)CC[C@@]21Cc1ccc(F)cc1)C(F)(F)F. The molecule has 1 saturated heterocycles. The molecule has 1 fully saturated rings. The fourth-order valence-corrected chi connectivity index (χ4v) is 6.55. The second-order valence-corrected chi connectivity index (χ2v) is 11.1. The molecule has 1 aliphatic heterocycles. The number of hydrogen-bond acceptors (Lipinski definition) is 2. The molecule has 1 heterocycles. The number of fused-ring (bicyclic) bond motifs is 3. The molecule has 2 aliphatic rings. The smallest absolute Gasteiger partial charge is 0.426 e. The van der Waals surface area contributed by atoms with Crippen LogP contribution in [0, 0.1) is 5.82 Å². The van der Waals surface area contributed by atoms with Gasteiger partial charge >= 0.3 is 12.1 Å². The average molecular weight is 564 g/mol. The predicted molar refractivity (Wildman–Crippen MR) is 138 cm³/mol. The molecule has 3 aromatic carbocycles. The number of carbonyl (C=O) groups is 1. The Hall–Kier alpha value is -2.97. The van der Waals surface area contributed by atoms with Crippen LogP contribution in [0.1, 0.15) is 57.9 Å². The summed E-state index contributed by atoms with van der Waals surface area (Å²) < 4.78 is 68.9. The Morgan fingerprint density at radius 3 is 2.44 bits per heavy atom. The summed E-state index contributed by atoms with van der Waals surface area (Å²) in [6.45, 7) is 1.69. The molecule has 3 aromatic rings. The van der Waals surface area contributed by atoms with E-state index in [0.717, 1.165) is 16.7 Å². The van der Waals surface area contributed by atoms with Crippen molar-refractivity contribution in [2.45, 2.75) is 62.5 Å². The molecule has 206 valence electrons. The first-order valence-corrected chi connectivity index (χ1v) is 13.1. The summed E-state index contributed by atoms with van der Waals surface area (Å²) in [5.41, 5.74) is -1.01. The summed E-state index contributed by atoms with van der Waals surface area (Å²) in [7, 11) is 0. The van der Waals surface area contributed by atoms with E-state index in [-0.39, 0.29) is 17.4 Å². The molecular formula is C30H27ClF5NO2. The van der Waals surface area contributed by atoms with Crippen molar-refractivity contribution in [1.29, 1.82) is 0 Å². The van der Waals surface area contributed by atoms with Crippen LogP contribution in [0.15, 0.2) is 60.7 Å². The van der Waals surface area contributed by atoms with Gasteiger partial charge in [0.25, 0.3) is 0 Å². The summed E-state index contributed by atoms with van der Waals surface area (Å²) in [5.74, 6) is -1.43. The summed E-state index contributed by atoms with van der Waals surface area (Å²) in [5, 5.41) is 9.61. The fourth-order valence-electron chi connectivity index (χ4n) is 6.31. The predicted octanol–water partition coefficient (Wildman–Crippen LogP) is 7.63. The molecule has 0 radical (unpaired) electrons. The van der Waals surface area contributed by atoms with Gasteiger partial charge in [-0.3, -0.25) is 4.90 Å². The maximum Gasteiger partial charge on any atom is 0.426 e. The van der Waals surface area contributed by atoms with E-state index in [1.807, 2.05) is 0 Å². The number of alkyl halides is 4. The third kappa shape index (κ3) is 4.93. The lowest BCUT2D eigenvalue weighted by atomic mass is 9.63. The molecule has 9 heteroatoms. The molecule has 0 amide bonds. The van der Waals surface area contributed by atoms with Crippen LogP contribution < -0.4 is 0 Å². The van der Waals surface area contributed by atoms with Gasteiger partial charge < -0.3 is 5.11 Å². The van der Waals surface area contributed by atoms with Gasteiger partial charge in [0, 0.05) is 23.0 Å². The normalized spacial score (nSPS) is 22.7. The zero-order chi connectivity index (χ0) is 28.2. The van der Waals surface area contributed by atoms with Crippen LogP contribution in [0.3, 0.4) is 0 Å². The molecular weight excluding hydrogens is 537 g/mol.